The molecule has 1 aromatic carbocycles. The number of fused-ring (bicyclic) bond motifs is 1. The van der Waals surface area contributed by atoms with Crippen LogP contribution in [0, 0.1) is 0 Å². The zero-order valence-electron chi connectivity index (χ0n) is 9.72. The first-order valence-electron chi connectivity index (χ1n) is 6.26. The van der Waals surface area contributed by atoms with E-state index in [1.165, 1.54) is 47.8 Å². The van der Waals surface area contributed by atoms with Gasteiger partial charge in [-0.25, -0.2) is 0 Å². The maximum Gasteiger partial charge on any atom is 0.0380 e. The van der Waals surface area contributed by atoms with Crippen molar-refractivity contribution in [3.63, 3.8) is 0 Å². The molecule has 1 N–H and O–H groups in total. The third kappa shape index (κ3) is 1.67. The van der Waals surface area contributed by atoms with E-state index in [1.807, 2.05) is 0 Å². The molecule has 1 saturated carbocycles. The van der Waals surface area contributed by atoms with Crippen LogP contribution in [-0.2, 0) is 0 Å². The van der Waals surface area contributed by atoms with E-state index in [2.05, 4.69) is 46.4 Å². The Bertz CT molecular complexity index is 407. The van der Waals surface area contributed by atoms with Gasteiger partial charge in [0.2, 0.25) is 0 Å². The quantitative estimate of drug-likeness (QED) is 0.727. The summed E-state index contributed by atoms with van der Waals surface area (Å²) in [6.45, 7) is 2.37. The summed E-state index contributed by atoms with van der Waals surface area (Å²) >= 11 is 3.57. The van der Waals surface area contributed by atoms with Gasteiger partial charge >= 0.3 is 0 Å². The minimum atomic E-state index is 0.417. The molecule has 3 rings (SSSR count). The van der Waals surface area contributed by atoms with Crippen molar-refractivity contribution < 1.29 is 0 Å². The Morgan fingerprint density at radius 1 is 1.31 bits per heavy atom. The van der Waals surface area contributed by atoms with Crippen molar-refractivity contribution in [1.29, 1.82) is 0 Å². The number of hydrogen-bond donors (Lipinski definition) is 1. The first kappa shape index (κ1) is 10.6. The van der Waals surface area contributed by atoms with E-state index in [0.717, 1.165) is 0 Å². The van der Waals surface area contributed by atoms with Crippen LogP contribution < -0.4 is 5.32 Å². The highest BCUT2D eigenvalue weighted by molar-refractivity contribution is 9.10. The minimum Gasteiger partial charge on any atom is -0.379 e. The Labute approximate surface area is 106 Å². The van der Waals surface area contributed by atoms with E-state index in [-0.39, 0.29) is 0 Å². The van der Waals surface area contributed by atoms with E-state index in [4.69, 9.17) is 0 Å². The number of hydrogen-bond acceptors (Lipinski definition) is 1. The van der Waals surface area contributed by atoms with Gasteiger partial charge in [0, 0.05) is 15.7 Å². The Balaban J connectivity index is 1.99. The van der Waals surface area contributed by atoms with Gasteiger partial charge in [-0.15, -0.1) is 0 Å². The number of anilines is 1. The molecule has 2 heteroatoms. The Kier molecular flexibility index (Phi) is 2.50. The molecule has 1 spiro atoms. The third-order valence-corrected chi connectivity index (χ3v) is 4.70. The standard InChI is InChI=1S/C14H18BrN/c1-10-9-14(6-2-3-7-14)16-13-5-4-11(15)8-12(10)13/h4-5,8,10,16H,2-3,6-7,9H2,1H3. The summed E-state index contributed by atoms with van der Waals surface area (Å²) in [7, 11) is 0. The Morgan fingerprint density at radius 2 is 2.06 bits per heavy atom. The fourth-order valence-electron chi connectivity index (χ4n) is 3.47. The lowest BCUT2D eigenvalue weighted by atomic mass is 9.79. The fraction of sp³-hybridized carbons (Fsp3) is 0.571. The molecule has 1 aromatic rings. The van der Waals surface area contributed by atoms with Crippen LogP contribution in [0.2, 0.25) is 0 Å². The van der Waals surface area contributed by atoms with Gasteiger partial charge in [0.1, 0.15) is 0 Å². The first-order chi connectivity index (χ1) is 7.69. The largest absolute Gasteiger partial charge is 0.379 e. The highest BCUT2D eigenvalue weighted by Crippen LogP contribution is 2.46. The molecule has 1 heterocycles. The van der Waals surface area contributed by atoms with E-state index in [1.54, 1.807) is 0 Å². The van der Waals surface area contributed by atoms with Gasteiger partial charge < -0.3 is 5.32 Å². The lowest BCUT2D eigenvalue weighted by molar-refractivity contribution is 0.396. The van der Waals surface area contributed by atoms with Crippen molar-refractivity contribution in [3.05, 3.63) is 28.2 Å². The second-order valence-corrected chi connectivity index (χ2v) is 6.36. The first-order valence-corrected chi connectivity index (χ1v) is 7.05. The number of benzene rings is 1. The molecular weight excluding hydrogens is 262 g/mol. The number of halogens is 1. The van der Waals surface area contributed by atoms with Gasteiger partial charge in [-0.2, -0.15) is 0 Å². The topological polar surface area (TPSA) is 12.0 Å². The number of nitrogens with one attached hydrogen (secondary N) is 1. The predicted molar refractivity (Wildman–Crippen MR) is 72.0 cm³/mol. The molecular formula is C14H18BrN. The van der Waals surface area contributed by atoms with Crippen LogP contribution in [0.1, 0.15) is 50.5 Å². The average Bonchev–Trinajstić information content (AvgIpc) is 2.68. The zero-order chi connectivity index (χ0) is 11.2. The van der Waals surface area contributed by atoms with Gasteiger partial charge in [0.05, 0.1) is 0 Å². The molecule has 0 bridgehead atoms. The van der Waals surface area contributed by atoms with Crippen molar-refractivity contribution >= 4 is 21.6 Å². The van der Waals surface area contributed by atoms with E-state index in [9.17, 15) is 0 Å². The average molecular weight is 280 g/mol. The molecule has 86 valence electrons. The molecule has 1 atom stereocenters. The van der Waals surface area contributed by atoms with E-state index >= 15 is 0 Å². The molecule has 0 aromatic heterocycles. The van der Waals surface area contributed by atoms with Crippen molar-refractivity contribution in [2.24, 2.45) is 0 Å². The molecule has 1 nitrogen and oxygen atoms in total. The molecule has 0 radical (unpaired) electrons. The van der Waals surface area contributed by atoms with Crippen LogP contribution in [-0.4, -0.2) is 5.54 Å². The normalized spacial score (nSPS) is 26.5. The molecule has 1 unspecified atom stereocenters. The zero-order valence-corrected chi connectivity index (χ0v) is 11.3. The van der Waals surface area contributed by atoms with Gasteiger partial charge in [0.15, 0.2) is 0 Å². The summed E-state index contributed by atoms with van der Waals surface area (Å²) in [5.41, 5.74) is 3.26. The maximum absolute atomic E-state index is 3.81. The van der Waals surface area contributed by atoms with Crippen molar-refractivity contribution in [3.8, 4) is 0 Å². The highest BCUT2D eigenvalue weighted by Gasteiger charge is 2.39. The lowest BCUT2D eigenvalue weighted by Gasteiger charge is -2.40. The maximum atomic E-state index is 3.81. The van der Waals surface area contributed by atoms with E-state index < -0.39 is 0 Å². The van der Waals surface area contributed by atoms with Crippen LogP contribution in [0.25, 0.3) is 0 Å². The molecule has 1 aliphatic heterocycles. The van der Waals surface area contributed by atoms with E-state index in [0.29, 0.717) is 11.5 Å². The van der Waals surface area contributed by atoms with Crippen LogP contribution >= 0.6 is 15.9 Å². The molecule has 1 aliphatic carbocycles. The second-order valence-electron chi connectivity index (χ2n) is 5.45. The smallest absolute Gasteiger partial charge is 0.0380 e. The molecule has 1 fully saturated rings. The van der Waals surface area contributed by atoms with Crippen molar-refractivity contribution in [1.82, 2.24) is 0 Å². The summed E-state index contributed by atoms with van der Waals surface area (Å²) in [5.74, 6) is 0.687. The van der Waals surface area contributed by atoms with Gasteiger partial charge in [-0.3, -0.25) is 0 Å². The summed E-state index contributed by atoms with van der Waals surface area (Å²) in [6, 6.07) is 6.65. The van der Waals surface area contributed by atoms with Crippen LogP contribution in [0.15, 0.2) is 22.7 Å². The van der Waals surface area contributed by atoms with Gasteiger partial charge in [0.25, 0.3) is 0 Å². The summed E-state index contributed by atoms with van der Waals surface area (Å²) in [4.78, 5) is 0. The highest BCUT2D eigenvalue weighted by atomic mass is 79.9. The lowest BCUT2D eigenvalue weighted by Crippen LogP contribution is -2.40. The molecule has 0 saturated heterocycles. The van der Waals surface area contributed by atoms with Crippen molar-refractivity contribution in [2.45, 2.75) is 50.5 Å². The summed E-state index contributed by atoms with van der Waals surface area (Å²) < 4.78 is 1.20. The summed E-state index contributed by atoms with van der Waals surface area (Å²) in [6.07, 6.45) is 6.80. The SMILES string of the molecule is CC1CC2(CCCC2)Nc2ccc(Br)cc21. The Hall–Kier alpha value is -0.500. The molecule has 0 amide bonds. The second kappa shape index (κ2) is 3.76. The van der Waals surface area contributed by atoms with Crippen LogP contribution in [0.4, 0.5) is 5.69 Å². The van der Waals surface area contributed by atoms with Crippen LogP contribution in [0.5, 0.6) is 0 Å². The number of rotatable bonds is 0. The van der Waals surface area contributed by atoms with Crippen molar-refractivity contribution in [2.75, 3.05) is 5.32 Å². The fourth-order valence-corrected chi connectivity index (χ4v) is 3.85. The minimum absolute atomic E-state index is 0.417. The van der Waals surface area contributed by atoms with Gasteiger partial charge in [-0.05, 0) is 48.9 Å². The molecule has 16 heavy (non-hydrogen) atoms. The summed E-state index contributed by atoms with van der Waals surface area (Å²) in [5, 5.41) is 3.81. The van der Waals surface area contributed by atoms with Crippen LogP contribution in [0.3, 0.4) is 0 Å². The molecule has 2 aliphatic rings. The third-order valence-electron chi connectivity index (χ3n) is 4.20. The predicted octanol–water partition coefficient (Wildman–Crippen LogP) is 4.68. The Morgan fingerprint density at radius 3 is 2.81 bits per heavy atom. The van der Waals surface area contributed by atoms with Gasteiger partial charge in [-0.1, -0.05) is 35.7 Å². The monoisotopic (exact) mass is 279 g/mol.